The molecule has 0 spiro atoms. The molecule has 0 N–H and O–H groups in total. The van der Waals surface area contributed by atoms with E-state index >= 15 is 0 Å². The molecule has 222 valence electrons. The lowest BCUT2D eigenvalue weighted by atomic mass is 9.82. The van der Waals surface area contributed by atoms with E-state index < -0.39 is 0 Å². The number of anilines is 3. The summed E-state index contributed by atoms with van der Waals surface area (Å²) in [6.45, 7) is 4.72. The summed E-state index contributed by atoms with van der Waals surface area (Å²) < 4.78 is 2.72. The van der Waals surface area contributed by atoms with E-state index in [1.807, 2.05) is 11.3 Å². The van der Waals surface area contributed by atoms with Crippen LogP contribution in [0.15, 0.2) is 152 Å². The molecule has 47 heavy (non-hydrogen) atoms. The highest BCUT2D eigenvalue weighted by molar-refractivity contribution is 7.26. The molecule has 0 saturated heterocycles. The van der Waals surface area contributed by atoms with Gasteiger partial charge in [-0.3, -0.25) is 0 Å². The minimum atomic E-state index is -0.0791. The Kier molecular flexibility index (Phi) is 5.57. The fraction of sp³-hybridized carbons (Fsp3) is 0.0667. The Morgan fingerprint density at radius 1 is 0.468 bits per heavy atom. The van der Waals surface area contributed by atoms with Crippen LogP contribution in [0.1, 0.15) is 25.0 Å². The molecule has 0 amide bonds. The summed E-state index contributed by atoms with van der Waals surface area (Å²) in [6, 6.07) is 56.2. The molecule has 0 radical (unpaired) electrons. The fourth-order valence-electron chi connectivity index (χ4n) is 8.23. The molecule has 8 aromatic carbocycles. The van der Waals surface area contributed by atoms with Crippen molar-refractivity contribution >= 4 is 70.1 Å². The number of fused-ring (bicyclic) bond motifs is 6. The van der Waals surface area contributed by atoms with Gasteiger partial charge >= 0.3 is 0 Å². The third-order valence-corrected chi connectivity index (χ3v) is 11.5. The average molecular weight is 618 g/mol. The maximum absolute atomic E-state index is 2.48. The second-order valence-electron chi connectivity index (χ2n) is 13.3. The maximum Gasteiger partial charge on any atom is 0.0543 e. The molecule has 0 unspecified atom stereocenters. The average Bonchev–Trinajstić information content (AvgIpc) is 3.62. The van der Waals surface area contributed by atoms with Crippen molar-refractivity contribution in [2.24, 2.45) is 0 Å². The van der Waals surface area contributed by atoms with Gasteiger partial charge in [0.15, 0.2) is 0 Å². The molecule has 0 bridgehead atoms. The second kappa shape index (κ2) is 9.78. The molecule has 0 aliphatic heterocycles. The summed E-state index contributed by atoms with van der Waals surface area (Å²) in [5.41, 5.74) is 11.3. The number of nitrogens with zero attached hydrogens (tertiary/aromatic N) is 1. The lowest BCUT2D eigenvalue weighted by molar-refractivity contribution is 0.660. The van der Waals surface area contributed by atoms with E-state index in [9.17, 15) is 0 Å². The van der Waals surface area contributed by atoms with Crippen molar-refractivity contribution in [3.63, 3.8) is 0 Å². The third-order valence-electron chi connectivity index (χ3n) is 10.4. The first-order valence-electron chi connectivity index (χ1n) is 16.4. The van der Waals surface area contributed by atoms with Gasteiger partial charge in [-0.25, -0.2) is 0 Å². The minimum Gasteiger partial charge on any atom is -0.310 e. The highest BCUT2D eigenvalue weighted by Gasteiger charge is 2.37. The van der Waals surface area contributed by atoms with Gasteiger partial charge in [0.05, 0.1) is 5.69 Å². The van der Waals surface area contributed by atoms with E-state index in [1.54, 1.807) is 0 Å². The molecule has 1 aliphatic carbocycles. The van der Waals surface area contributed by atoms with Crippen LogP contribution in [-0.2, 0) is 5.41 Å². The van der Waals surface area contributed by atoms with Crippen molar-refractivity contribution in [1.29, 1.82) is 0 Å². The topological polar surface area (TPSA) is 3.24 Å². The number of thiophene rings is 1. The SMILES string of the molecule is CC1(C)c2ccccc2-c2c(N(c3ccc(-c4ccccc4)cc3)c3ccc4c(c3)c3cccc5sc6cccc4c6c53)cccc21. The zero-order valence-electron chi connectivity index (χ0n) is 26.3. The Morgan fingerprint density at radius 2 is 1.09 bits per heavy atom. The lowest BCUT2D eigenvalue weighted by Gasteiger charge is -2.29. The molecular weight excluding hydrogens is 587 g/mol. The van der Waals surface area contributed by atoms with Gasteiger partial charge in [0.25, 0.3) is 0 Å². The van der Waals surface area contributed by atoms with Crippen molar-refractivity contribution in [2.75, 3.05) is 4.90 Å². The predicted molar refractivity (Wildman–Crippen MR) is 203 cm³/mol. The summed E-state index contributed by atoms with van der Waals surface area (Å²) >= 11 is 1.90. The van der Waals surface area contributed by atoms with Gasteiger partial charge < -0.3 is 4.90 Å². The largest absolute Gasteiger partial charge is 0.310 e. The van der Waals surface area contributed by atoms with Gasteiger partial charge in [-0.15, -0.1) is 11.3 Å². The van der Waals surface area contributed by atoms with Gasteiger partial charge in [0.2, 0.25) is 0 Å². The summed E-state index contributed by atoms with van der Waals surface area (Å²) in [7, 11) is 0. The van der Waals surface area contributed by atoms with Gasteiger partial charge in [-0.1, -0.05) is 123 Å². The standard InChI is InChI=1S/C45H31NS/c1-45(2)37-16-7-6-13-35(37)42-38(45)17-10-18-39(42)46(30-23-21-29(22-24-30)28-11-4-3-5-12-28)31-25-26-32-33-14-8-19-40-43(33)44-34(36(32)27-31)15-9-20-41(44)47-40/h3-27H,1-2H3. The molecule has 2 heteroatoms. The number of benzene rings is 8. The van der Waals surface area contributed by atoms with Crippen molar-refractivity contribution < 1.29 is 0 Å². The van der Waals surface area contributed by atoms with Crippen LogP contribution in [0.25, 0.3) is 64.0 Å². The van der Waals surface area contributed by atoms with E-state index in [1.165, 1.54) is 80.8 Å². The summed E-state index contributed by atoms with van der Waals surface area (Å²) in [4.78, 5) is 2.48. The molecule has 0 fully saturated rings. The molecular formula is C45H31NS. The van der Waals surface area contributed by atoms with E-state index in [4.69, 9.17) is 0 Å². The molecule has 10 rings (SSSR count). The van der Waals surface area contributed by atoms with E-state index in [0.717, 1.165) is 11.4 Å². The van der Waals surface area contributed by atoms with Crippen LogP contribution in [0.5, 0.6) is 0 Å². The smallest absolute Gasteiger partial charge is 0.0543 e. The van der Waals surface area contributed by atoms with E-state index in [-0.39, 0.29) is 5.41 Å². The van der Waals surface area contributed by atoms with Crippen LogP contribution < -0.4 is 4.90 Å². The second-order valence-corrected chi connectivity index (χ2v) is 14.4. The third kappa shape index (κ3) is 3.77. The molecule has 1 aromatic heterocycles. The predicted octanol–water partition coefficient (Wildman–Crippen LogP) is 13.2. The highest BCUT2D eigenvalue weighted by atomic mass is 32.1. The first kappa shape index (κ1) is 26.7. The van der Waals surface area contributed by atoms with E-state index in [2.05, 4.69) is 170 Å². The first-order chi connectivity index (χ1) is 23.1. The number of hydrogen-bond acceptors (Lipinski definition) is 2. The van der Waals surface area contributed by atoms with E-state index in [0.29, 0.717) is 0 Å². The molecule has 1 heterocycles. The lowest BCUT2D eigenvalue weighted by Crippen LogP contribution is -2.16. The summed E-state index contributed by atoms with van der Waals surface area (Å²) in [5.74, 6) is 0. The Hall–Kier alpha value is -5.44. The molecule has 9 aromatic rings. The van der Waals surface area contributed by atoms with Crippen molar-refractivity contribution in [1.82, 2.24) is 0 Å². The monoisotopic (exact) mass is 617 g/mol. The van der Waals surface area contributed by atoms with Crippen LogP contribution in [0.2, 0.25) is 0 Å². The normalized spacial score (nSPS) is 13.5. The molecule has 1 aliphatic rings. The van der Waals surface area contributed by atoms with Crippen LogP contribution in [0, 0.1) is 0 Å². The summed E-state index contributed by atoms with van der Waals surface area (Å²) in [5, 5.41) is 8.06. The van der Waals surface area contributed by atoms with Gasteiger partial charge in [0, 0.05) is 42.5 Å². The van der Waals surface area contributed by atoms with Crippen LogP contribution >= 0.6 is 11.3 Å². The van der Waals surface area contributed by atoms with Crippen LogP contribution in [-0.4, -0.2) is 0 Å². The van der Waals surface area contributed by atoms with Gasteiger partial charge in [-0.05, 0) is 91.8 Å². The Bertz CT molecular complexity index is 2640. The summed E-state index contributed by atoms with van der Waals surface area (Å²) in [6.07, 6.45) is 0. The molecule has 0 saturated carbocycles. The molecule has 1 nitrogen and oxygen atoms in total. The maximum atomic E-state index is 2.48. The quantitative estimate of drug-likeness (QED) is 0.178. The van der Waals surface area contributed by atoms with Crippen molar-refractivity contribution in [2.45, 2.75) is 19.3 Å². The van der Waals surface area contributed by atoms with Gasteiger partial charge in [0.1, 0.15) is 0 Å². The van der Waals surface area contributed by atoms with Gasteiger partial charge in [-0.2, -0.15) is 0 Å². The minimum absolute atomic E-state index is 0.0791. The van der Waals surface area contributed by atoms with Crippen LogP contribution in [0.4, 0.5) is 17.1 Å². The molecule has 0 atom stereocenters. The fourth-order valence-corrected chi connectivity index (χ4v) is 9.39. The highest BCUT2D eigenvalue weighted by Crippen LogP contribution is 2.54. The Morgan fingerprint density at radius 3 is 1.85 bits per heavy atom. The number of hydrogen-bond donors (Lipinski definition) is 0. The zero-order valence-corrected chi connectivity index (χ0v) is 27.1. The Balaban J connectivity index is 1.26. The zero-order chi connectivity index (χ0) is 31.3. The van der Waals surface area contributed by atoms with Crippen molar-refractivity contribution in [3.8, 4) is 22.3 Å². The van der Waals surface area contributed by atoms with Crippen molar-refractivity contribution in [3.05, 3.63) is 163 Å². The number of rotatable bonds is 4. The van der Waals surface area contributed by atoms with Crippen LogP contribution in [0.3, 0.4) is 0 Å². The Labute approximate surface area is 278 Å². The first-order valence-corrected chi connectivity index (χ1v) is 17.2.